The predicted molar refractivity (Wildman–Crippen MR) is 67.8 cm³/mol. The van der Waals surface area contributed by atoms with Gasteiger partial charge in [-0.05, 0) is 14.9 Å². The molecule has 0 aliphatic carbocycles. The van der Waals surface area contributed by atoms with Gasteiger partial charge in [0.1, 0.15) is 0 Å². The van der Waals surface area contributed by atoms with Crippen LogP contribution in [-0.2, 0) is 20.1 Å². The first-order valence-electron chi connectivity index (χ1n) is 8.03. The van der Waals surface area contributed by atoms with Crippen molar-refractivity contribution < 1.29 is 28.3 Å². The standard InChI is InChI=1S/C15H11N2.Ir/c1-3-7-13(8-4-1)15-16-11-12-17(15)14-9-5-2-6-10-14;/h1-7,9-12H;/q-1;/i1D,3D,4D,7D,11D,12D;. The Kier molecular flexibility index (Phi) is 2.25. The second kappa shape index (κ2) is 5.76. The summed E-state index contributed by atoms with van der Waals surface area (Å²) < 4.78 is 48.2. The number of hydrogen-bond donors (Lipinski definition) is 0. The zero-order valence-corrected chi connectivity index (χ0v) is 11.5. The van der Waals surface area contributed by atoms with Crippen LogP contribution in [0.3, 0.4) is 0 Å². The van der Waals surface area contributed by atoms with Gasteiger partial charge in [-0.3, -0.25) is 4.98 Å². The Bertz CT molecular complexity index is 895. The molecule has 0 spiro atoms. The van der Waals surface area contributed by atoms with Crippen molar-refractivity contribution in [3.8, 4) is 17.1 Å². The summed E-state index contributed by atoms with van der Waals surface area (Å²) >= 11 is 0. The van der Waals surface area contributed by atoms with Gasteiger partial charge in [0.05, 0.1) is 8.57 Å². The van der Waals surface area contributed by atoms with Gasteiger partial charge in [0.25, 0.3) is 0 Å². The summed E-state index contributed by atoms with van der Waals surface area (Å²) in [5.41, 5.74) is 0.617. The van der Waals surface area contributed by atoms with Gasteiger partial charge in [-0.2, -0.15) is 0 Å². The Labute approximate surface area is 128 Å². The van der Waals surface area contributed by atoms with Gasteiger partial charge in [0.15, 0.2) is 0 Å². The van der Waals surface area contributed by atoms with Crippen molar-refractivity contribution >= 4 is 0 Å². The average Bonchev–Trinajstić information content (AvgIpc) is 2.85. The zero-order chi connectivity index (χ0) is 16.7. The van der Waals surface area contributed by atoms with Crippen LogP contribution in [0.25, 0.3) is 17.1 Å². The van der Waals surface area contributed by atoms with Crippen LogP contribution in [0.4, 0.5) is 0 Å². The third-order valence-corrected chi connectivity index (χ3v) is 2.27. The number of para-hydroxylation sites is 1. The molecule has 91 valence electrons. The molecule has 3 rings (SSSR count). The van der Waals surface area contributed by atoms with Crippen LogP contribution >= 0.6 is 0 Å². The van der Waals surface area contributed by atoms with E-state index in [0.29, 0.717) is 5.69 Å². The maximum Gasteiger partial charge on any atom is 0.0846 e. The van der Waals surface area contributed by atoms with Crippen molar-refractivity contribution in [2.75, 3.05) is 0 Å². The number of hydrogen-bond acceptors (Lipinski definition) is 1. The van der Waals surface area contributed by atoms with Crippen molar-refractivity contribution in [3.05, 3.63) is 72.9 Å². The molecule has 0 N–H and O–H groups in total. The second-order valence-electron chi connectivity index (χ2n) is 3.33. The second-order valence-corrected chi connectivity index (χ2v) is 3.33. The van der Waals surface area contributed by atoms with E-state index in [9.17, 15) is 0 Å². The molecule has 18 heavy (non-hydrogen) atoms. The minimum absolute atomic E-state index is 0. The first-order valence-corrected chi connectivity index (χ1v) is 5.03. The van der Waals surface area contributed by atoms with E-state index in [1.54, 1.807) is 24.3 Å². The fraction of sp³-hybridized carbons (Fsp3) is 0. The maximum atomic E-state index is 8.03. The fourth-order valence-corrected chi connectivity index (χ4v) is 1.52. The van der Waals surface area contributed by atoms with Gasteiger partial charge in [0, 0.05) is 40.9 Å². The van der Waals surface area contributed by atoms with Crippen LogP contribution in [-0.4, -0.2) is 9.55 Å². The molecule has 0 fully saturated rings. The molecule has 0 aliphatic rings. The van der Waals surface area contributed by atoms with Crippen LogP contribution in [0.5, 0.6) is 0 Å². The Morgan fingerprint density at radius 1 is 1.17 bits per heavy atom. The molecule has 1 heterocycles. The van der Waals surface area contributed by atoms with E-state index in [-0.39, 0.29) is 62.0 Å². The van der Waals surface area contributed by atoms with Crippen molar-refractivity contribution in [2.45, 2.75) is 0 Å². The third-order valence-electron chi connectivity index (χ3n) is 2.27. The third kappa shape index (κ3) is 2.42. The number of imidazole rings is 1. The van der Waals surface area contributed by atoms with Crippen LogP contribution in [0.2, 0.25) is 0 Å². The van der Waals surface area contributed by atoms with Crippen LogP contribution in [0.15, 0.2) is 66.8 Å². The normalized spacial score (nSPS) is 14.4. The molecule has 0 saturated heterocycles. The summed E-state index contributed by atoms with van der Waals surface area (Å²) in [5, 5.41) is 0. The molecule has 3 aromatic rings. The average molecular weight is 418 g/mol. The zero-order valence-electron chi connectivity index (χ0n) is 15.1. The van der Waals surface area contributed by atoms with Gasteiger partial charge in [-0.25, -0.2) is 0 Å². The van der Waals surface area contributed by atoms with Crippen LogP contribution < -0.4 is 0 Å². The quantitative estimate of drug-likeness (QED) is 0.585. The molecular formula is C15H11IrN2-. The van der Waals surface area contributed by atoms with E-state index >= 15 is 0 Å². The molecule has 0 amide bonds. The fourth-order valence-electron chi connectivity index (χ4n) is 1.52. The molecule has 1 radical (unpaired) electrons. The summed E-state index contributed by atoms with van der Waals surface area (Å²) in [5.74, 6) is 0.0956. The van der Waals surface area contributed by atoms with E-state index in [2.05, 4.69) is 11.1 Å². The van der Waals surface area contributed by atoms with E-state index in [1.807, 2.05) is 6.07 Å². The van der Waals surface area contributed by atoms with Gasteiger partial charge in [0.2, 0.25) is 0 Å². The van der Waals surface area contributed by atoms with Crippen molar-refractivity contribution in [1.29, 1.82) is 0 Å². The van der Waals surface area contributed by atoms with Gasteiger partial charge < -0.3 is 4.57 Å². The summed E-state index contributed by atoms with van der Waals surface area (Å²) in [7, 11) is 0. The van der Waals surface area contributed by atoms with Crippen molar-refractivity contribution in [3.63, 3.8) is 0 Å². The first-order chi connectivity index (χ1) is 10.9. The number of benzene rings is 2. The molecule has 1 aromatic heterocycles. The molecule has 2 nitrogen and oxygen atoms in total. The van der Waals surface area contributed by atoms with Crippen molar-refractivity contribution in [1.82, 2.24) is 9.55 Å². The molecule has 0 saturated carbocycles. The van der Waals surface area contributed by atoms with E-state index in [1.165, 1.54) is 4.57 Å². The van der Waals surface area contributed by atoms with Crippen molar-refractivity contribution in [2.24, 2.45) is 0 Å². The number of aromatic nitrogens is 2. The largest absolute Gasteiger partial charge is 0.340 e. The van der Waals surface area contributed by atoms with Crippen LogP contribution in [0.1, 0.15) is 8.22 Å². The number of rotatable bonds is 2. The monoisotopic (exact) mass is 418 g/mol. The molecule has 0 bridgehead atoms. The summed E-state index contributed by atoms with van der Waals surface area (Å²) in [6, 6.07) is 9.99. The smallest absolute Gasteiger partial charge is 0.0846 e. The Balaban J connectivity index is 0.00000208. The number of nitrogens with zero attached hydrogens (tertiary/aromatic N) is 2. The minimum Gasteiger partial charge on any atom is -0.340 e. The van der Waals surface area contributed by atoms with E-state index in [0.717, 1.165) is 0 Å². The molecular weight excluding hydrogens is 400 g/mol. The minimum atomic E-state index is -0.399. The topological polar surface area (TPSA) is 17.8 Å². The Hall–Kier alpha value is -1.70. The molecule has 3 heteroatoms. The molecule has 2 aromatic carbocycles. The van der Waals surface area contributed by atoms with E-state index < -0.39 is 6.04 Å². The Morgan fingerprint density at radius 3 is 2.83 bits per heavy atom. The molecule has 0 atom stereocenters. The predicted octanol–water partition coefficient (Wildman–Crippen LogP) is 3.34. The molecule has 0 aliphatic heterocycles. The SMILES string of the molecule is [2H]c1[c-]c(-c2nc([2H])c([2H])n2-c2ccccc2)c([2H])c([2H])c1[2H].[Ir]. The van der Waals surface area contributed by atoms with E-state index in [4.69, 9.17) is 8.22 Å². The maximum absolute atomic E-state index is 8.03. The van der Waals surface area contributed by atoms with Gasteiger partial charge in [-0.15, -0.1) is 35.8 Å². The molecule has 0 unspecified atom stereocenters. The summed E-state index contributed by atoms with van der Waals surface area (Å²) in [6.07, 6.45) is -0.434. The summed E-state index contributed by atoms with van der Waals surface area (Å²) in [6.45, 7) is 0. The first kappa shape index (κ1) is 7.03. The van der Waals surface area contributed by atoms with Gasteiger partial charge in [-0.1, -0.05) is 18.2 Å². The van der Waals surface area contributed by atoms with Crippen LogP contribution in [0, 0.1) is 6.07 Å². The van der Waals surface area contributed by atoms with Gasteiger partial charge >= 0.3 is 0 Å². The summed E-state index contributed by atoms with van der Waals surface area (Å²) in [4.78, 5) is 3.99. The Morgan fingerprint density at radius 2 is 2.00 bits per heavy atom.